The van der Waals surface area contributed by atoms with Crippen molar-refractivity contribution in [2.45, 2.75) is 12.3 Å². The molecular formula is C22H19NO4. The topological polar surface area (TPSA) is 69.4 Å². The molecule has 0 radical (unpaired) electrons. The van der Waals surface area contributed by atoms with Gasteiger partial charge in [-0.2, -0.15) is 0 Å². The Morgan fingerprint density at radius 1 is 0.963 bits per heavy atom. The van der Waals surface area contributed by atoms with E-state index in [1.807, 2.05) is 48.5 Å². The largest absolute Gasteiger partial charge is 0.497 e. The van der Waals surface area contributed by atoms with Gasteiger partial charge in [-0.05, 0) is 23.3 Å². The van der Waals surface area contributed by atoms with Crippen LogP contribution in [0.3, 0.4) is 0 Å². The Morgan fingerprint density at radius 2 is 1.67 bits per heavy atom. The van der Waals surface area contributed by atoms with Gasteiger partial charge in [0, 0.05) is 30.0 Å². The van der Waals surface area contributed by atoms with Crippen LogP contribution >= 0.6 is 0 Å². The van der Waals surface area contributed by atoms with Crippen molar-refractivity contribution in [1.29, 1.82) is 0 Å². The molecule has 0 fully saturated rings. The number of non-ortho nitro benzene ring substituents is 1. The standard InChI is InChI=1S/C22H19NO4/c1-27-20-12-10-16(11-13-20)21(15-22(24)17-6-3-2-4-7-17)18-8-5-9-19(14-18)23(25)26/h2-14,21H,15H2,1H3. The van der Waals surface area contributed by atoms with Crippen LogP contribution in [-0.4, -0.2) is 17.8 Å². The summed E-state index contributed by atoms with van der Waals surface area (Å²) in [5.41, 5.74) is 2.28. The van der Waals surface area contributed by atoms with E-state index < -0.39 is 4.92 Å². The van der Waals surface area contributed by atoms with E-state index in [1.54, 1.807) is 25.3 Å². The molecule has 1 unspecified atom stereocenters. The molecule has 136 valence electrons. The van der Waals surface area contributed by atoms with Crippen molar-refractivity contribution in [3.8, 4) is 5.75 Å². The number of benzene rings is 3. The van der Waals surface area contributed by atoms with E-state index in [0.29, 0.717) is 11.3 Å². The highest BCUT2D eigenvalue weighted by Crippen LogP contribution is 2.32. The van der Waals surface area contributed by atoms with Crippen molar-refractivity contribution in [3.63, 3.8) is 0 Å². The van der Waals surface area contributed by atoms with Gasteiger partial charge in [0.1, 0.15) is 5.75 Å². The molecule has 3 aromatic carbocycles. The molecule has 0 amide bonds. The van der Waals surface area contributed by atoms with Gasteiger partial charge >= 0.3 is 0 Å². The third-order valence-corrected chi connectivity index (χ3v) is 4.49. The summed E-state index contributed by atoms with van der Waals surface area (Å²) in [6, 6.07) is 22.9. The summed E-state index contributed by atoms with van der Waals surface area (Å²) < 4.78 is 5.20. The third kappa shape index (κ3) is 4.39. The zero-order valence-corrected chi connectivity index (χ0v) is 14.9. The first-order valence-electron chi connectivity index (χ1n) is 8.55. The minimum atomic E-state index is -0.423. The van der Waals surface area contributed by atoms with Crippen molar-refractivity contribution in [2.75, 3.05) is 7.11 Å². The number of Topliss-reactive ketones (excluding diaryl/α,β-unsaturated/α-hetero) is 1. The van der Waals surface area contributed by atoms with Crippen LogP contribution in [0.15, 0.2) is 78.9 Å². The van der Waals surface area contributed by atoms with E-state index in [4.69, 9.17) is 4.74 Å². The van der Waals surface area contributed by atoms with Crippen LogP contribution in [0.1, 0.15) is 33.8 Å². The Morgan fingerprint density at radius 3 is 2.30 bits per heavy atom. The monoisotopic (exact) mass is 361 g/mol. The minimum Gasteiger partial charge on any atom is -0.497 e. The van der Waals surface area contributed by atoms with Crippen LogP contribution in [0.4, 0.5) is 5.69 Å². The molecule has 0 aliphatic rings. The maximum Gasteiger partial charge on any atom is 0.269 e. The molecule has 0 saturated heterocycles. The summed E-state index contributed by atoms with van der Waals surface area (Å²) in [5.74, 6) is 0.414. The Balaban J connectivity index is 1.99. The molecule has 0 aliphatic carbocycles. The van der Waals surface area contributed by atoms with Gasteiger partial charge in [0.2, 0.25) is 0 Å². The first kappa shape index (κ1) is 18.3. The average Bonchev–Trinajstić information content (AvgIpc) is 2.72. The summed E-state index contributed by atoms with van der Waals surface area (Å²) in [6.45, 7) is 0. The molecule has 0 bridgehead atoms. The lowest BCUT2D eigenvalue weighted by atomic mass is 9.85. The van der Waals surface area contributed by atoms with Gasteiger partial charge in [-0.25, -0.2) is 0 Å². The number of methoxy groups -OCH3 is 1. The number of carbonyl (C=O) groups excluding carboxylic acids is 1. The van der Waals surface area contributed by atoms with Gasteiger partial charge in [-0.15, -0.1) is 0 Å². The zero-order valence-electron chi connectivity index (χ0n) is 14.9. The summed E-state index contributed by atoms with van der Waals surface area (Å²) in [4.78, 5) is 23.5. The highest BCUT2D eigenvalue weighted by molar-refractivity contribution is 5.96. The number of hydrogen-bond donors (Lipinski definition) is 0. The second-order valence-corrected chi connectivity index (χ2v) is 6.17. The molecule has 0 aliphatic heterocycles. The fourth-order valence-electron chi connectivity index (χ4n) is 3.05. The third-order valence-electron chi connectivity index (χ3n) is 4.49. The van der Waals surface area contributed by atoms with Crippen LogP contribution in [0.5, 0.6) is 5.75 Å². The number of carbonyl (C=O) groups is 1. The lowest BCUT2D eigenvalue weighted by molar-refractivity contribution is -0.384. The highest BCUT2D eigenvalue weighted by atomic mass is 16.6. The number of rotatable bonds is 7. The normalized spacial score (nSPS) is 11.6. The van der Waals surface area contributed by atoms with Gasteiger partial charge in [-0.1, -0.05) is 54.6 Å². The lowest BCUT2D eigenvalue weighted by Crippen LogP contribution is -2.09. The molecule has 0 spiro atoms. The molecule has 0 saturated carbocycles. The van der Waals surface area contributed by atoms with Gasteiger partial charge in [0.25, 0.3) is 5.69 Å². The molecule has 0 heterocycles. The van der Waals surface area contributed by atoms with Crippen LogP contribution in [0, 0.1) is 10.1 Å². The van der Waals surface area contributed by atoms with Gasteiger partial charge in [0.05, 0.1) is 12.0 Å². The number of hydrogen-bond acceptors (Lipinski definition) is 4. The number of nitrogens with zero attached hydrogens (tertiary/aromatic N) is 1. The van der Waals surface area contributed by atoms with E-state index in [1.165, 1.54) is 12.1 Å². The quantitative estimate of drug-likeness (QED) is 0.337. The number of nitro groups is 1. The van der Waals surface area contributed by atoms with Crippen LogP contribution in [0.25, 0.3) is 0 Å². The second kappa shape index (κ2) is 8.27. The number of ketones is 1. The molecule has 0 N–H and O–H groups in total. The summed E-state index contributed by atoms with van der Waals surface area (Å²) in [6.07, 6.45) is 0.220. The highest BCUT2D eigenvalue weighted by Gasteiger charge is 2.21. The molecular weight excluding hydrogens is 342 g/mol. The van der Waals surface area contributed by atoms with E-state index >= 15 is 0 Å². The SMILES string of the molecule is COc1ccc(C(CC(=O)c2ccccc2)c2cccc([N+](=O)[O-])c2)cc1. The fraction of sp³-hybridized carbons (Fsp3) is 0.136. The van der Waals surface area contributed by atoms with Crippen molar-refractivity contribution < 1.29 is 14.5 Å². The predicted molar refractivity (Wildman–Crippen MR) is 103 cm³/mol. The first-order valence-corrected chi connectivity index (χ1v) is 8.55. The maximum absolute atomic E-state index is 12.8. The van der Waals surface area contributed by atoms with E-state index in [-0.39, 0.29) is 23.8 Å². The van der Waals surface area contributed by atoms with Crippen molar-refractivity contribution in [2.24, 2.45) is 0 Å². The summed E-state index contributed by atoms with van der Waals surface area (Å²) in [7, 11) is 1.59. The van der Waals surface area contributed by atoms with Crippen LogP contribution in [0.2, 0.25) is 0 Å². The minimum absolute atomic E-state index is 0.0112. The van der Waals surface area contributed by atoms with Gasteiger partial charge in [0.15, 0.2) is 5.78 Å². The molecule has 27 heavy (non-hydrogen) atoms. The Bertz CT molecular complexity index is 936. The molecule has 0 aromatic heterocycles. The molecule has 5 nitrogen and oxygen atoms in total. The first-order chi connectivity index (χ1) is 13.1. The molecule has 1 atom stereocenters. The van der Waals surface area contributed by atoms with Crippen molar-refractivity contribution in [1.82, 2.24) is 0 Å². The predicted octanol–water partition coefficient (Wildman–Crippen LogP) is 5.01. The second-order valence-electron chi connectivity index (χ2n) is 6.17. The number of ether oxygens (including phenoxy) is 1. The smallest absolute Gasteiger partial charge is 0.269 e. The zero-order chi connectivity index (χ0) is 19.2. The van der Waals surface area contributed by atoms with Crippen molar-refractivity contribution in [3.05, 3.63) is 106 Å². The average molecular weight is 361 g/mol. The Labute approximate surface area is 157 Å². The van der Waals surface area contributed by atoms with Gasteiger partial charge < -0.3 is 4.74 Å². The van der Waals surface area contributed by atoms with E-state index in [2.05, 4.69) is 0 Å². The number of nitro benzene ring substituents is 1. The lowest BCUT2D eigenvalue weighted by Gasteiger charge is -2.18. The maximum atomic E-state index is 12.8. The van der Waals surface area contributed by atoms with Crippen LogP contribution in [-0.2, 0) is 0 Å². The molecule has 3 rings (SSSR count). The fourth-order valence-corrected chi connectivity index (χ4v) is 3.05. The van der Waals surface area contributed by atoms with Crippen LogP contribution < -0.4 is 4.74 Å². The molecule has 5 heteroatoms. The Hall–Kier alpha value is -3.47. The summed E-state index contributed by atoms with van der Waals surface area (Å²) in [5, 5.41) is 11.2. The van der Waals surface area contributed by atoms with Crippen molar-refractivity contribution >= 4 is 11.5 Å². The summed E-state index contributed by atoms with van der Waals surface area (Å²) >= 11 is 0. The molecule has 3 aromatic rings. The van der Waals surface area contributed by atoms with Gasteiger partial charge in [-0.3, -0.25) is 14.9 Å². The van der Waals surface area contributed by atoms with E-state index in [0.717, 1.165) is 11.1 Å². The van der Waals surface area contributed by atoms with E-state index in [9.17, 15) is 14.9 Å². The Kier molecular flexibility index (Phi) is 5.61.